The van der Waals surface area contributed by atoms with Crippen molar-refractivity contribution in [2.45, 2.75) is 33.1 Å². The van der Waals surface area contributed by atoms with Crippen LogP contribution in [0.15, 0.2) is 29.3 Å². The highest BCUT2D eigenvalue weighted by atomic mass is 127. The Hall–Kier alpha value is -1.05. The molecule has 6 heteroatoms. The van der Waals surface area contributed by atoms with E-state index in [9.17, 15) is 4.39 Å². The van der Waals surface area contributed by atoms with Gasteiger partial charge in [-0.15, -0.1) is 24.0 Å². The van der Waals surface area contributed by atoms with Gasteiger partial charge in [-0.25, -0.2) is 4.39 Å². The maximum atomic E-state index is 12.7. The number of hydrogen-bond donors (Lipinski definition) is 2. The lowest BCUT2D eigenvalue weighted by Gasteiger charge is -2.13. The van der Waals surface area contributed by atoms with E-state index in [1.165, 1.54) is 12.1 Å². The van der Waals surface area contributed by atoms with Crippen molar-refractivity contribution in [2.75, 3.05) is 26.7 Å². The van der Waals surface area contributed by atoms with E-state index in [1.54, 1.807) is 19.2 Å². The quantitative estimate of drug-likeness (QED) is 0.267. The molecule has 0 atom stereocenters. The van der Waals surface area contributed by atoms with Crippen molar-refractivity contribution in [3.05, 3.63) is 30.1 Å². The summed E-state index contributed by atoms with van der Waals surface area (Å²) in [7, 11) is 1.78. The smallest absolute Gasteiger partial charge is 0.190 e. The molecule has 1 aromatic carbocycles. The van der Waals surface area contributed by atoms with Gasteiger partial charge in [0.05, 0.1) is 6.61 Å². The second-order valence-electron chi connectivity index (χ2n) is 5.62. The molecular formula is C17H29FIN3O. The monoisotopic (exact) mass is 437 g/mol. The van der Waals surface area contributed by atoms with Gasteiger partial charge in [-0.1, -0.05) is 13.8 Å². The molecule has 0 heterocycles. The molecule has 132 valence electrons. The van der Waals surface area contributed by atoms with Crippen LogP contribution in [-0.2, 0) is 0 Å². The van der Waals surface area contributed by atoms with Gasteiger partial charge in [0.1, 0.15) is 11.6 Å². The van der Waals surface area contributed by atoms with E-state index < -0.39 is 0 Å². The molecule has 0 unspecified atom stereocenters. The van der Waals surface area contributed by atoms with Crippen molar-refractivity contribution < 1.29 is 9.13 Å². The zero-order valence-electron chi connectivity index (χ0n) is 14.3. The molecule has 2 N–H and O–H groups in total. The predicted molar refractivity (Wildman–Crippen MR) is 105 cm³/mol. The van der Waals surface area contributed by atoms with Crippen LogP contribution in [0, 0.1) is 11.7 Å². The van der Waals surface area contributed by atoms with Gasteiger partial charge in [-0.05, 0) is 49.4 Å². The summed E-state index contributed by atoms with van der Waals surface area (Å²) in [4.78, 5) is 4.19. The van der Waals surface area contributed by atoms with Crippen LogP contribution in [0.5, 0.6) is 5.75 Å². The Morgan fingerprint density at radius 2 is 1.78 bits per heavy atom. The van der Waals surface area contributed by atoms with Gasteiger partial charge >= 0.3 is 0 Å². The number of ether oxygens (including phenoxy) is 1. The molecule has 0 aliphatic heterocycles. The largest absolute Gasteiger partial charge is 0.494 e. The Labute approximate surface area is 156 Å². The molecule has 0 aromatic heterocycles. The van der Waals surface area contributed by atoms with Crippen LogP contribution in [0.1, 0.15) is 33.1 Å². The molecule has 0 bridgehead atoms. The van der Waals surface area contributed by atoms with Gasteiger partial charge in [0.2, 0.25) is 0 Å². The van der Waals surface area contributed by atoms with Crippen LogP contribution in [0.25, 0.3) is 0 Å². The highest BCUT2D eigenvalue weighted by molar-refractivity contribution is 14.0. The molecule has 1 aromatic rings. The zero-order valence-corrected chi connectivity index (χ0v) is 16.6. The standard InChI is InChI=1S/C17H28FN3O.HI/c1-14(2)10-12-21-17(19-3)20-11-4-5-13-22-16-8-6-15(18)7-9-16;/h6-9,14H,4-5,10-13H2,1-3H3,(H2,19,20,21);1H. The average Bonchev–Trinajstić information content (AvgIpc) is 2.50. The van der Waals surface area contributed by atoms with E-state index >= 15 is 0 Å². The fourth-order valence-electron chi connectivity index (χ4n) is 1.85. The lowest BCUT2D eigenvalue weighted by Crippen LogP contribution is -2.38. The summed E-state index contributed by atoms with van der Waals surface area (Å²) in [5.74, 6) is 2.00. The summed E-state index contributed by atoms with van der Waals surface area (Å²) < 4.78 is 18.3. The minimum Gasteiger partial charge on any atom is -0.494 e. The Morgan fingerprint density at radius 1 is 1.13 bits per heavy atom. The number of benzene rings is 1. The molecule has 0 aliphatic rings. The van der Waals surface area contributed by atoms with E-state index in [1.807, 2.05) is 0 Å². The Kier molecular flexibility index (Phi) is 12.8. The normalized spacial score (nSPS) is 11.1. The molecule has 0 aliphatic carbocycles. The first-order valence-electron chi connectivity index (χ1n) is 7.94. The van der Waals surface area contributed by atoms with Crippen molar-refractivity contribution in [3.63, 3.8) is 0 Å². The fraction of sp³-hybridized carbons (Fsp3) is 0.588. The summed E-state index contributed by atoms with van der Waals surface area (Å²) in [5, 5.41) is 6.58. The van der Waals surface area contributed by atoms with E-state index in [2.05, 4.69) is 29.5 Å². The first-order chi connectivity index (χ1) is 10.6. The van der Waals surface area contributed by atoms with Crippen LogP contribution >= 0.6 is 24.0 Å². The van der Waals surface area contributed by atoms with Crippen molar-refractivity contribution in [1.29, 1.82) is 0 Å². The molecule has 0 saturated heterocycles. The molecule has 0 spiro atoms. The van der Waals surface area contributed by atoms with Crippen molar-refractivity contribution in [2.24, 2.45) is 10.9 Å². The summed E-state index contributed by atoms with van der Waals surface area (Å²) in [6.45, 7) is 6.84. The topological polar surface area (TPSA) is 45.7 Å². The molecule has 0 fully saturated rings. The fourth-order valence-corrected chi connectivity index (χ4v) is 1.85. The maximum absolute atomic E-state index is 12.7. The van der Waals surface area contributed by atoms with Crippen LogP contribution in [0.3, 0.4) is 0 Å². The number of hydrogen-bond acceptors (Lipinski definition) is 2. The molecule has 0 amide bonds. The number of guanidine groups is 1. The van der Waals surface area contributed by atoms with Crippen LogP contribution in [0.4, 0.5) is 4.39 Å². The molecule has 23 heavy (non-hydrogen) atoms. The number of aliphatic imine (C=N–C) groups is 1. The molecule has 0 radical (unpaired) electrons. The van der Waals surface area contributed by atoms with Gasteiger partial charge < -0.3 is 15.4 Å². The highest BCUT2D eigenvalue weighted by Crippen LogP contribution is 2.11. The molecule has 1 rings (SSSR count). The van der Waals surface area contributed by atoms with Crippen LogP contribution in [-0.4, -0.2) is 32.7 Å². The minimum absolute atomic E-state index is 0. The van der Waals surface area contributed by atoms with Crippen LogP contribution in [0.2, 0.25) is 0 Å². The molecule has 0 saturated carbocycles. The predicted octanol–water partition coefficient (Wildman–Crippen LogP) is 3.81. The van der Waals surface area contributed by atoms with E-state index in [0.717, 1.165) is 38.3 Å². The van der Waals surface area contributed by atoms with Crippen molar-refractivity contribution in [1.82, 2.24) is 10.6 Å². The summed E-state index contributed by atoms with van der Waals surface area (Å²) >= 11 is 0. The summed E-state index contributed by atoms with van der Waals surface area (Å²) in [6.07, 6.45) is 3.06. The Balaban J connectivity index is 0.00000484. The third-order valence-electron chi connectivity index (χ3n) is 3.18. The first-order valence-corrected chi connectivity index (χ1v) is 7.94. The third kappa shape index (κ3) is 11.2. The zero-order chi connectivity index (χ0) is 16.2. The van der Waals surface area contributed by atoms with Gasteiger partial charge in [0.25, 0.3) is 0 Å². The number of rotatable bonds is 9. The van der Waals surface area contributed by atoms with Gasteiger partial charge in [-0.3, -0.25) is 4.99 Å². The summed E-state index contributed by atoms with van der Waals surface area (Å²) in [5.41, 5.74) is 0. The number of nitrogens with zero attached hydrogens (tertiary/aromatic N) is 1. The lowest BCUT2D eigenvalue weighted by atomic mass is 10.1. The highest BCUT2D eigenvalue weighted by Gasteiger charge is 1.99. The Morgan fingerprint density at radius 3 is 2.39 bits per heavy atom. The molecular weight excluding hydrogens is 408 g/mol. The number of halogens is 2. The van der Waals surface area contributed by atoms with Gasteiger partial charge in [0, 0.05) is 20.1 Å². The maximum Gasteiger partial charge on any atom is 0.190 e. The SMILES string of the molecule is CN=C(NCCCCOc1ccc(F)cc1)NCCC(C)C.I. The lowest BCUT2D eigenvalue weighted by molar-refractivity contribution is 0.306. The van der Waals surface area contributed by atoms with Gasteiger partial charge in [-0.2, -0.15) is 0 Å². The number of unbranched alkanes of at least 4 members (excludes halogenated alkanes) is 1. The van der Waals surface area contributed by atoms with E-state index in [0.29, 0.717) is 18.3 Å². The van der Waals surface area contributed by atoms with Crippen LogP contribution < -0.4 is 15.4 Å². The van der Waals surface area contributed by atoms with E-state index in [4.69, 9.17) is 4.74 Å². The second kappa shape index (κ2) is 13.4. The second-order valence-corrected chi connectivity index (χ2v) is 5.62. The third-order valence-corrected chi connectivity index (χ3v) is 3.18. The summed E-state index contributed by atoms with van der Waals surface area (Å²) in [6, 6.07) is 6.11. The number of nitrogens with one attached hydrogen (secondary N) is 2. The van der Waals surface area contributed by atoms with Crippen molar-refractivity contribution >= 4 is 29.9 Å². The van der Waals surface area contributed by atoms with E-state index in [-0.39, 0.29) is 29.8 Å². The Bertz CT molecular complexity index is 438. The minimum atomic E-state index is -0.243. The average molecular weight is 437 g/mol. The van der Waals surface area contributed by atoms with Gasteiger partial charge in [0.15, 0.2) is 5.96 Å². The molecule has 4 nitrogen and oxygen atoms in total. The first kappa shape index (κ1) is 21.9. The van der Waals surface area contributed by atoms with Crippen molar-refractivity contribution in [3.8, 4) is 5.75 Å².